The first-order chi connectivity index (χ1) is 14.5. The highest BCUT2D eigenvalue weighted by Crippen LogP contribution is 2.21. The highest BCUT2D eigenvalue weighted by Gasteiger charge is 2.22. The van der Waals surface area contributed by atoms with Crippen molar-refractivity contribution < 1.29 is 13.9 Å². The van der Waals surface area contributed by atoms with Gasteiger partial charge in [-0.05, 0) is 44.0 Å². The summed E-state index contributed by atoms with van der Waals surface area (Å²) in [6, 6.07) is 13.7. The summed E-state index contributed by atoms with van der Waals surface area (Å²) in [6.45, 7) is 9.21. The maximum absolute atomic E-state index is 12.6. The van der Waals surface area contributed by atoms with Gasteiger partial charge in [-0.3, -0.25) is 14.8 Å². The first kappa shape index (κ1) is 20.4. The van der Waals surface area contributed by atoms with Crippen LogP contribution in [0.4, 0.5) is 0 Å². The number of ether oxygens (including phenoxy) is 1. The minimum absolute atomic E-state index is 0.218. The molecule has 1 aromatic carbocycles. The Balaban J connectivity index is 1.39. The fourth-order valence-corrected chi connectivity index (χ4v) is 3.95. The Morgan fingerprint density at radius 3 is 2.60 bits per heavy atom. The van der Waals surface area contributed by atoms with Crippen LogP contribution in [0, 0.1) is 6.92 Å². The van der Waals surface area contributed by atoms with Gasteiger partial charge in [0.05, 0.1) is 12.2 Å². The predicted molar refractivity (Wildman–Crippen MR) is 114 cm³/mol. The molecule has 1 amide bonds. The van der Waals surface area contributed by atoms with Gasteiger partial charge in [-0.1, -0.05) is 24.3 Å². The third kappa shape index (κ3) is 4.80. The number of nitrogens with one attached hydrogen (secondary N) is 2. The zero-order valence-corrected chi connectivity index (χ0v) is 17.6. The third-order valence-corrected chi connectivity index (χ3v) is 5.26. The number of nitrogens with zero attached hydrogens (tertiary/aromatic N) is 2. The summed E-state index contributed by atoms with van der Waals surface area (Å²) >= 11 is 0. The number of benzene rings is 1. The number of carbonyl (C=O) groups excluding carboxylic acids is 1. The smallest absolute Gasteiger partial charge is 0.272 e. The maximum Gasteiger partial charge on any atom is 0.272 e. The number of aryl methyl sites for hydroxylation is 1. The van der Waals surface area contributed by atoms with E-state index in [4.69, 9.17) is 9.15 Å². The third-order valence-electron chi connectivity index (χ3n) is 5.26. The molecular formula is C23H28N4O3. The second-order valence-corrected chi connectivity index (χ2v) is 7.98. The van der Waals surface area contributed by atoms with E-state index in [1.54, 1.807) is 6.07 Å². The van der Waals surface area contributed by atoms with Gasteiger partial charge in [0.15, 0.2) is 11.5 Å². The molecule has 0 radical (unpaired) electrons. The van der Waals surface area contributed by atoms with Crippen molar-refractivity contribution in [3.63, 3.8) is 0 Å². The Bertz CT molecular complexity index is 999. The molecular weight excluding hydrogens is 380 g/mol. The average molecular weight is 409 g/mol. The molecule has 0 aliphatic carbocycles. The topological polar surface area (TPSA) is 83.4 Å². The summed E-state index contributed by atoms with van der Waals surface area (Å²) < 4.78 is 11.4. The van der Waals surface area contributed by atoms with Crippen molar-refractivity contribution in [2.75, 3.05) is 13.1 Å². The molecule has 0 spiro atoms. The zero-order valence-electron chi connectivity index (χ0n) is 17.6. The van der Waals surface area contributed by atoms with Crippen molar-refractivity contribution in [3.8, 4) is 11.5 Å². The Morgan fingerprint density at radius 2 is 1.90 bits per heavy atom. The minimum atomic E-state index is -0.218. The van der Waals surface area contributed by atoms with Crippen LogP contribution in [0.5, 0.6) is 0 Å². The fraction of sp³-hybridized carbons (Fsp3) is 0.391. The highest BCUT2D eigenvalue weighted by molar-refractivity contribution is 5.93. The number of aromatic nitrogens is 2. The summed E-state index contributed by atoms with van der Waals surface area (Å²) in [5.41, 5.74) is 3.35. The minimum Gasteiger partial charge on any atom is -0.460 e. The molecule has 7 heteroatoms. The van der Waals surface area contributed by atoms with Crippen LogP contribution in [0.3, 0.4) is 0 Å². The normalized spacial score (nSPS) is 19.7. The van der Waals surface area contributed by atoms with Crippen LogP contribution >= 0.6 is 0 Å². The number of carbonyl (C=O) groups is 1. The Kier molecular flexibility index (Phi) is 6.01. The van der Waals surface area contributed by atoms with Crippen molar-refractivity contribution in [2.24, 2.45) is 0 Å². The largest absolute Gasteiger partial charge is 0.460 e. The molecule has 1 aliphatic rings. The molecule has 1 fully saturated rings. The molecule has 4 rings (SSSR count). The summed E-state index contributed by atoms with van der Waals surface area (Å²) in [4.78, 5) is 15.0. The molecule has 2 N–H and O–H groups in total. The van der Waals surface area contributed by atoms with Crippen molar-refractivity contribution >= 4 is 5.91 Å². The van der Waals surface area contributed by atoms with Gasteiger partial charge in [0, 0.05) is 32.2 Å². The summed E-state index contributed by atoms with van der Waals surface area (Å²) in [5.74, 6) is 1.26. The van der Waals surface area contributed by atoms with Crippen LogP contribution in [0.1, 0.15) is 41.2 Å². The summed E-state index contributed by atoms with van der Waals surface area (Å²) in [6.07, 6.45) is 0.458. The van der Waals surface area contributed by atoms with E-state index in [0.29, 0.717) is 23.7 Å². The van der Waals surface area contributed by atoms with E-state index in [2.05, 4.69) is 46.4 Å². The second-order valence-electron chi connectivity index (χ2n) is 7.98. The Hall–Kier alpha value is -2.90. The van der Waals surface area contributed by atoms with Gasteiger partial charge in [-0.2, -0.15) is 5.10 Å². The lowest BCUT2D eigenvalue weighted by atomic mass is 10.1. The molecule has 0 saturated carbocycles. The van der Waals surface area contributed by atoms with Crippen LogP contribution in [-0.4, -0.2) is 46.3 Å². The molecule has 158 valence electrons. The van der Waals surface area contributed by atoms with Gasteiger partial charge < -0.3 is 14.5 Å². The Morgan fingerprint density at radius 1 is 1.17 bits per heavy atom. The first-order valence-corrected chi connectivity index (χ1v) is 10.3. The van der Waals surface area contributed by atoms with E-state index in [9.17, 15) is 4.79 Å². The molecule has 7 nitrogen and oxygen atoms in total. The van der Waals surface area contributed by atoms with Crippen molar-refractivity contribution in [1.82, 2.24) is 20.4 Å². The van der Waals surface area contributed by atoms with Crippen LogP contribution in [0.25, 0.3) is 11.5 Å². The van der Waals surface area contributed by atoms with Gasteiger partial charge in [0.2, 0.25) is 0 Å². The summed E-state index contributed by atoms with van der Waals surface area (Å²) in [7, 11) is 0. The highest BCUT2D eigenvalue weighted by atomic mass is 16.5. The monoisotopic (exact) mass is 408 g/mol. The van der Waals surface area contributed by atoms with E-state index >= 15 is 0 Å². The molecule has 1 aliphatic heterocycles. The van der Waals surface area contributed by atoms with E-state index in [0.717, 1.165) is 31.0 Å². The quantitative estimate of drug-likeness (QED) is 0.652. The molecule has 0 bridgehead atoms. The molecule has 3 aromatic rings. The lowest BCUT2D eigenvalue weighted by Gasteiger charge is -2.35. The zero-order chi connectivity index (χ0) is 21.1. The molecule has 2 aromatic heterocycles. The standard InChI is InChI=1S/C23H28N4O3/c1-15-8-9-22(30-15)20-10-21(26-25-20)23(28)24-11-18-6-4-5-7-19(18)14-27-12-16(2)29-17(3)13-27/h4-10,16-17H,11-14H2,1-3H3,(H,24,28)(H,25,26). The molecule has 1 saturated heterocycles. The SMILES string of the molecule is Cc1ccc(-c2cc(C(=O)NCc3ccccc3CN3CC(C)OC(C)C3)n[nH]2)o1. The van der Waals surface area contributed by atoms with Gasteiger partial charge >= 0.3 is 0 Å². The maximum atomic E-state index is 12.6. The van der Waals surface area contributed by atoms with E-state index in [1.165, 1.54) is 5.56 Å². The number of furan rings is 1. The first-order valence-electron chi connectivity index (χ1n) is 10.3. The number of morpholine rings is 1. The molecule has 3 heterocycles. The fourth-order valence-electron chi connectivity index (χ4n) is 3.95. The lowest BCUT2D eigenvalue weighted by molar-refractivity contribution is -0.0705. The number of amides is 1. The predicted octanol–water partition coefficient (Wildman–Crippen LogP) is 3.52. The average Bonchev–Trinajstić information content (AvgIpc) is 3.35. The van der Waals surface area contributed by atoms with Crippen LogP contribution in [-0.2, 0) is 17.8 Å². The van der Waals surface area contributed by atoms with Gasteiger partial charge in [-0.25, -0.2) is 0 Å². The van der Waals surface area contributed by atoms with Gasteiger partial charge in [0.1, 0.15) is 11.5 Å². The van der Waals surface area contributed by atoms with Gasteiger partial charge in [-0.15, -0.1) is 0 Å². The number of aromatic amines is 1. The number of H-pyrrole nitrogens is 1. The Labute approximate surface area is 176 Å². The number of rotatable bonds is 6. The van der Waals surface area contributed by atoms with E-state index < -0.39 is 0 Å². The van der Waals surface area contributed by atoms with Crippen LogP contribution < -0.4 is 5.32 Å². The summed E-state index contributed by atoms with van der Waals surface area (Å²) in [5, 5.41) is 9.98. The molecule has 2 unspecified atom stereocenters. The van der Waals surface area contributed by atoms with Crippen LogP contribution in [0.2, 0.25) is 0 Å². The van der Waals surface area contributed by atoms with Crippen molar-refractivity contribution in [1.29, 1.82) is 0 Å². The van der Waals surface area contributed by atoms with E-state index in [-0.39, 0.29) is 18.1 Å². The number of hydrogen-bond donors (Lipinski definition) is 2. The second kappa shape index (κ2) is 8.85. The van der Waals surface area contributed by atoms with Crippen molar-refractivity contribution in [3.05, 3.63) is 65.0 Å². The number of hydrogen-bond acceptors (Lipinski definition) is 5. The lowest BCUT2D eigenvalue weighted by Crippen LogP contribution is -2.45. The van der Waals surface area contributed by atoms with Gasteiger partial charge in [0.25, 0.3) is 5.91 Å². The molecule has 30 heavy (non-hydrogen) atoms. The van der Waals surface area contributed by atoms with E-state index in [1.807, 2.05) is 31.2 Å². The van der Waals surface area contributed by atoms with Crippen molar-refractivity contribution in [2.45, 2.75) is 46.1 Å². The van der Waals surface area contributed by atoms with Crippen LogP contribution in [0.15, 0.2) is 46.9 Å². The molecule has 2 atom stereocenters.